The lowest BCUT2D eigenvalue weighted by Gasteiger charge is -2.33. The molecule has 94 valence electrons. The molecule has 3 unspecified atom stereocenters. The van der Waals surface area contributed by atoms with Crippen molar-refractivity contribution in [3.63, 3.8) is 0 Å². The van der Waals surface area contributed by atoms with Gasteiger partial charge >= 0.3 is 5.97 Å². The fourth-order valence-corrected chi connectivity index (χ4v) is 2.39. The van der Waals surface area contributed by atoms with E-state index in [9.17, 15) is 4.79 Å². The topological polar surface area (TPSA) is 66.6 Å². The molecule has 0 amide bonds. The summed E-state index contributed by atoms with van der Waals surface area (Å²) in [6, 6.07) is 0.764. The molecule has 1 saturated carbocycles. The van der Waals surface area contributed by atoms with E-state index in [4.69, 9.17) is 10.8 Å². The Morgan fingerprint density at radius 1 is 1.50 bits per heavy atom. The van der Waals surface area contributed by atoms with E-state index in [1.165, 1.54) is 0 Å². The van der Waals surface area contributed by atoms with Gasteiger partial charge in [-0.2, -0.15) is 0 Å². The fraction of sp³-hybridized carbons (Fsp3) is 0.917. The predicted molar refractivity (Wildman–Crippen MR) is 64.3 cm³/mol. The highest BCUT2D eigenvalue weighted by Crippen LogP contribution is 2.32. The Kier molecular flexibility index (Phi) is 3.97. The number of hydrogen-bond acceptors (Lipinski definition) is 3. The molecule has 1 fully saturated rings. The lowest BCUT2D eigenvalue weighted by molar-refractivity contribution is -0.143. The van der Waals surface area contributed by atoms with E-state index < -0.39 is 11.5 Å². The molecular weight excluding hydrogens is 204 g/mol. The van der Waals surface area contributed by atoms with Crippen LogP contribution in [-0.4, -0.2) is 40.6 Å². The van der Waals surface area contributed by atoms with Crippen LogP contribution in [0.5, 0.6) is 0 Å². The Labute approximate surface area is 97.8 Å². The molecule has 3 atom stereocenters. The number of nitrogens with two attached hydrogens (primary N) is 1. The van der Waals surface area contributed by atoms with Gasteiger partial charge in [-0.3, -0.25) is 4.79 Å². The number of hydrogen-bond donors (Lipinski definition) is 2. The Morgan fingerprint density at radius 2 is 2.06 bits per heavy atom. The molecule has 0 heterocycles. The zero-order valence-corrected chi connectivity index (χ0v) is 10.7. The van der Waals surface area contributed by atoms with Crippen molar-refractivity contribution in [1.82, 2.24) is 4.90 Å². The third-order valence-electron chi connectivity index (χ3n) is 4.13. The number of rotatable bonds is 4. The van der Waals surface area contributed by atoms with Crippen LogP contribution in [0, 0.1) is 5.92 Å². The molecule has 0 radical (unpaired) electrons. The Balaban J connectivity index is 2.63. The minimum absolute atomic E-state index is 0.304. The van der Waals surface area contributed by atoms with Gasteiger partial charge in [0.25, 0.3) is 0 Å². The second-order valence-electron chi connectivity index (χ2n) is 5.51. The first kappa shape index (κ1) is 13.5. The van der Waals surface area contributed by atoms with E-state index in [1.54, 1.807) is 0 Å². The van der Waals surface area contributed by atoms with Gasteiger partial charge < -0.3 is 15.7 Å². The van der Waals surface area contributed by atoms with E-state index in [1.807, 2.05) is 0 Å². The molecule has 0 aromatic rings. The lowest BCUT2D eigenvalue weighted by Crippen LogP contribution is -2.48. The summed E-state index contributed by atoms with van der Waals surface area (Å²) in [5.41, 5.74) is 4.88. The summed E-state index contributed by atoms with van der Waals surface area (Å²) in [5.74, 6) is -0.289. The van der Waals surface area contributed by atoms with Crippen LogP contribution in [0.2, 0.25) is 0 Å². The molecule has 0 bridgehead atoms. The van der Waals surface area contributed by atoms with Crippen LogP contribution in [0.15, 0.2) is 0 Å². The molecule has 4 nitrogen and oxygen atoms in total. The van der Waals surface area contributed by atoms with Crippen molar-refractivity contribution in [2.75, 3.05) is 7.05 Å². The minimum Gasteiger partial charge on any atom is -0.480 e. The largest absolute Gasteiger partial charge is 0.480 e. The van der Waals surface area contributed by atoms with Gasteiger partial charge in [-0.1, -0.05) is 13.8 Å². The smallest absolute Gasteiger partial charge is 0.323 e. The van der Waals surface area contributed by atoms with E-state index >= 15 is 0 Å². The number of carbonyl (C=O) groups is 1. The molecule has 1 rings (SSSR count). The highest BCUT2D eigenvalue weighted by atomic mass is 16.4. The Morgan fingerprint density at radius 3 is 2.44 bits per heavy atom. The van der Waals surface area contributed by atoms with Crippen molar-refractivity contribution >= 4 is 5.97 Å². The van der Waals surface area contributed by atoms with Gasteiger partial charge in [-0.05, 0) is 39.2 Å². The molecule has 16 heavy (non-hydrogen) atoms. The summed E-state index contributed by atoms with van der Waals surface area (Å²) in [6.45, 7) is 6.55. The highest BCUT2D eigenvalue weighted by molar-refractivity contribution is 5.79. The van der Waals surface area contributed by atoms with Crippen molar-refractivity contribution in [3.05, 3.63) is 0 Å². The van der Waals surface area contributed by atoms with Crippen LogP contribution < -0.4 is 5.73 Å². The third-order valence-corrected chi connectivity index (χ3v) is 4.13. The van der Waals surface area contributed by atoms with Crippen molar-refractivity contribution in [2.45, 2.75) is 57.7 Å². The fourth-order valence-electron chi connectivity index (χ4n) is 2.39. The van der Waals surface area contributed by atoms with Crippen LogP contribution in [-0.2, 0) is 4.79 Å². The van der Waals surface area contributed by atoms with Gasteiger partial charge in [0, 0.05) is 12.1 Å². The summed E-state index contributed by atoms with van der Waals surface area (Å²) in [4.78, 5) is 13.3. The number of carboxylic acid groups (broad SMARTS) is 1. The van der Waals surface area contributed by atoms with Crippen LogP contribution in [0.1, 0.15) is 40.0 Å². The SMILES string of the molecule is CC(C)C(C)N(C)C1CCC(N)(C(=O)O)C1. The molecule has 0 aromatic carbocycles. The highest BCUT2D eigenvalue weighted by Gasteiger charge is 2.44. The van der Waals surface area contributed by atoms with Gasteiger partial charge in [0.05, 0.1) is 0 Å². The van der Waals surface area contributed by atoms with E-state index in [0.29, 0.717) is 30.8 Å². The van der Waals surface area contributed by atoms with Crippen molar-refractivity contribution in [1.29, 1.82) is 0 Å². The maximum Gasteiger partial charge on any atom is 0.323 e. The zero-order valence-electron chi connectivity index (χ0n) is 10.7. The monoisotopic (exact) mass is 228 g/mol. The molecule has 0 aliphatic heterocycles. The molecule has 3 N–H and O–H groups in total. The molecule has 1 aliphatic rings. The number of aliphatic carboxylic acids is 1. The van der Waals surface area contributed by atoms with Crippen molar-refractivity contribution < 1.29 is 9.90 Å². The maximum atomic E-state index is 11.1. The van der Waals surface area contributed by atoms with E-state index in [2.05, 4.69) is 32.7 Å². The summed E-state index contributed by atoms with van der Waals surface area (Å²) in [5, 5.41) is 9.08. The normalized spacial score (nSPS) is 32.3. The maximum absolute atomic E-state index is 11.1. The van der Waals surface area contributed by atoms with Crippen molar-refractivity contribution in [2.24, 2.45) is 11.7 Å². The van der Waals surface area contributed by atoms with E-state index in [0.717, 1.165) is 6.42 Å². The lowest BCUT2D eigenvalue weighted by atomic mass is 9.98. The number of carboxylic acids is 1. The molecule has 0 aromatic heterocycles. The van der Waals surface area contributed by atoms with E-state index in [-0.39, 0.29) is 0 Å². The second-order valence-corrected chi connectivity index (χ2v) is 5.51. The number of nitrogens with zero attached hydrogens (tertiary/aromatic N) is 1. The summed E-state index contributed by atoms with van der Waals surface area (Å²) in [7, 11) is 2.07. The molecule has 0 spiro atoms. The van der Waals surface area contributed by atoms with Crippen LogP contribution in [0.3, 0.4) is 0 Å². The zero-order chi connectivity index (χ0) is 12.5. The van der Waals surface area contributed by atoms with Crippen molar-refractivity contribution in [3.8, 4) is 0 Å². The summed E-state index contributed by atoms with van der Waals surface area (Å²) < 4.78 is 0. The molecular formula is C12H24N2O2. The van der Waals surface area contributed by atoms with Crippen LogP contribution in [0.25, 0.3) is 0 Å². The van der Waals surface area contributed by atoms with Gasteiger partial charge in [-0.25, -0.2) is 0 Å². The van der Waals surface area contributed by atoms with Gasteiger partial charge in [-0.15, -0.1) is 0 Å². The average Bonchev–Trinajstić information content (AvgIpc) is 2.60. The summed E-state index contributed by atoms with van der Waals surface area (Å²) >= 11 is 0. The Bertz CT molecular complexity index is 268. The standard InChI is InChI=1S/C12H24N2O2/c1-8(2)9(3)14(4)10-5-6-12(13,7-10)11(15)16/h8-10H,5-7,13H2,1-4H3,(H,15,16). The quantitative estimate of drug-likeness (QED) is 0.761. The average molecular weight is 228 g/mol. The van der Waals surface area contributed by atoms with Crippen LogP contribution >= 0.6 is 0 Å². The first-order valence-electron chi connectivity index (χ1n) is 6.02. The first-order valence-corrected chi connectivity index (χ1v) is 6.02. The predicted octanol–water partition coefficient (Wildman–Crippen LogP) is 1.30. The first-order chi connectivity index (χ1) is 7.28. The molecule has 1 aliphatic carbocycles. The summed E-state index contributed by atoms with van der Waals surface area (Å²) in [6.07, 6.45) is 2.04. The van der Waals surface area contributed by atoms with Gasteiger partial charge in [0.1, 0.15) is 5.54 Å². The van der Waals surface area contributed by atoms with Gasteiger partial charge in [0.15, 0.2) is 0 Å². The van der Waals surface area contributed by atoms with Gasteiger partial charge in [0.2, 0.25) is 0 Å². The Hall–Kier alpha value is -0.610. The third kappa shape index (κ3) is 2.55. The second kappa shape index (κ2) is 4.72. The van der Waals surface area contributed by atoms with Crippen LogP contribution in [0.4, 0.5) is 0 Å². The molecule has 4 heteroatoms. The minimum atomic E-state index is -1.00. The molecule has 0 saturated heterocycles.